The topological polar surface area (TPSA) is 90.3 Å². The largest absolute Gasteiger partial charge is 0.454 e. The molecule has 0 saturated carbocycles. The number of nitrogens with zero attached hydrogens (tertiary/aromatic N) is 2. The molecule has 7 nitrogen and oxygen atoms in total. The van der Waals surface area contributed by atoms with E-state index in [2.05, 4.69) is 16.3 Å². The molecule has 0 spiro atoms. The second-order valence-electron chi connectivity index (χ2n) is 5.94. The molecule has 0 amide bonds. The summed E-state index contributed by atoms with van der Waals surface area (Å²) < 4.78 is 59.8. The standard InChI is InChI=1S/C19H15F2N3O4S/c1-3-29(26,27)23-14-5-7-17(28-18-6-4-13(20)8-16(18)21)15(9-14)12-10-22-19(25)24(2)11-12/h3-11,23H,1H2,2H3. The predicted octanol–water partition coefficient (Wildman–Crippen LogP) is 3.40. The van der Waals surface area contributed by atoms with Gasteiger partial charge in [-0.25, -0.2) is 27.0 Å². The van der Waals surface area contributed by atoms with Crippen molar-refractivity contribution in [1.82, 2.24) is 9.55 Å². The molecule has 3 aromatic rings. The molecule has 0 aliphatic carbocycles. The van der Waals surface area contributed by atoms with E-state index >= 15 is 0 Å². The molecule has 2 aromatic carbocycles. The molecule has 0 atom stereocenters. The molecule has 10 heteroatoms. The summed E-state index contributed by atoms with van der Waals surface area (Å²) in [5.74, 6) is -1.76. The van der Waals surface area contributed by atoms with E-state index in [0.29, 0.717) is 17.2 Å². The van der Waals surface area contributed by atoms with Crippen molar-refractivity contribution < 1.29 is 21.9 Å². The van der Waals surface area contributed by atoms with Crippen molar-refractivity contribution in [2.75, 3.05) is 4.72 Å². The number of hydrogen-bond acceptors (Lipinski definition) is 5. The maximum Gasteiger partial charge on any atom is 0.347 e. The highest BCUT2D eigenvalue weighted by molar-refractivity contribution is 7.95. The van der Waals surface area contributed by atoms with E-state index < -0.39 is 27.3 Å². The highest BCUT2D eigenvalue weighted by Crippen LogP contribution is 2.36. The number of anilines is 1. The summed E-state index contributed by atoms with van der Waals surface area (Å²) in [5, 5.41) is 0.749. The molecular formula is C19H15F2N3O4S. The van der Waals surface area contributed by atoms with Crippen LogP contribution in [0.2, 0.25) is 0 Å². The van der Waals surface area contributed by atoms with Gasteiger partial charge in [-0.15, -0.1) is 0 Å². The lowest BCUT2D eigenvalue weighted by molar-refractivity contribution is 0.439. The quantitative estimate of drug-likeness (QED) is 0.661. The van der Waals surface area contributed by atoms with Gasteiger partial charge in [0.15, 0.2) is 11.6 Å². The number of hydrogen-bond donors (Lipinski definition) is 1. The van der Waals surface area contributed by atoms with Crippen molar-refractivity contribution in [3.63, 3.8) is 0 Å². The van der Waals surface area contributed by atoms with E-state index in [0.717, 1.165) is 17.5 Å². The lowest BCUT2D eigenvalue weighted by Crippen LogP contribution is -2.18. The molecule has 29 heavy (non-hydrogen) atoms. The monoisotopic (exact) mass is 419 g/mol. The van der Waals surface area contributed by atoms with Crippen LogP contribution in [-0.2, 0) is 17.1 Å². The molecule has 0 aliphatic heterocycles. The Kier molecular flexibility index (Phi) is 5.46. The fraction of sp³-hybridized carbons (Fsp3) is 0.0526. The zero-order valence-electron chi connectivity index (χ0n) is 15.1. The van der Waals surface area contributed by atoms with Crippen molar-refractivity contribution in [2.45, 2.75) is 0 Å². The first kappa shape index (κ1) is 20.2. The number of nitrogens with one attached hydrogen (secondary N) is 1. The Balaban J connectivity index is 2.12. The zero-order chi connectivity index (χ0) is 21.2. The summed E-state index contributed by atoms with van der Waals surface area (Å²) in [7, 11) is -2.28. The Bertz CT molecular complexity index is 1260. The van der Waals surface area contributed by atoms with Gasteiger partial charge in [-0.1, -0.05) is 6.58 Å². The Morgan fingerprint density at radius 3 is 2.55 bits per heavy atom. The van der Waals surface area contributed by atoms with Crippen LogP contribution in [0.15, 0.2) is 65.6 Å². The summed E-state index contributed by atoms with van der Waals surface area (Å²) in [6.45, 7) is 3.23. The van der Waals surface area contributed by atoms with Gasteiger partial charge in [0.05, 0.1) is 0 Å². The molecule has 1 aromatic heterocycles. The fourth-order valence-corrected chi connectivity index (χ4v) is 2.98. The van der Waals surface area contributed by atoms with Crippen molar-refractivity contribution in [1.29, 1.82) is 0 Å². The maximum atomic E-state index is 14.0. The van der Waals surface area contributed by atoms with Crippen LogP contribution < -0.4 is 15.1 Å². The predicted molar refractivity (Wildman–Crippen MR) is 104 cm³/mol. The first-order chi connectivity index (χ1) is 13.7. The van der Waals surface area contributed by atoms with Crippen molar-refractivity contribution in [2.24, 2.45) is 7.05 Å². The number of rotatable bonds is 6. The van der Waals surface area contributed by atoms with E-state index in [1.807, 2.05) is 0 Å². The van der Waals surface area contributed by atoms with Crippen LogP contribution in [0.1, 0.15) is 0 Å². The third-order valence-electron chi connectivity index (χ3n) is 3.83. The third kappa shape index (κ3) is 4.66. The zero-order valence-corrected chi connectivity index (χ0v) is 15.9. The highest BCUT2D eigenvalue weighted by Gasteiger charge is 2.15. The molecular weight excluding hydrogens is 404 g/mol. The molecule has 150 valence electrons. The first-order valence-electron chi connectivity index (χ1n) is 8.14. The lowest BCUT2D eigenvalue weighted by Gasteiger charge is -2.14. The summed E-state index contributed by atoms with van der Waals surface area (Å²) in [4.78, 5) is 15.3. The average Bonchev–Trinajstić information content (AvgIpc) is 2.67. The van der Waals surface area contributed by atoms with Gasteiger partial charge in [-0.2, -0.15) is 0 Å². The molecule has 0 fully saturated rings. The number of aromatic nitrogens is 2. The van der Waals surface area contributed by atoms with Gasteiger partial charge in [0.1, 0.15) is 11.6 Å². The summed E-state index contributed by atoms with van der Waals surface area (Å²) in [6, 6.07) is 7.08. The lowest BCUT2D eigenvalue weighted by atomic mass is 10.1. The smallest absolute Gasteiger partial charge is 0.347 e. The Morgan fingerprint density at radius 1 is 1.17 bits per heavy atom. The van der Waals surface area contributed by atoms with Crippen molar-refractivity contribution >= 4 is 15.7 Å². The average molecular weight is 419 g/mol. The fourth-order valence-electron chi connectivity index (χ4n) is 2.44. The number of halogens is 2. The van der Waals surface area contributed by atoms with Gasteiger partial charge in [-0.05, 0) is 30.3 Å². The molecule has 0 saturated heterocycles. The van der Waals surface area contributed by atoms with Crippen LogP contribution in [0.25, 0.3) is 11.1 Å². The molecule has 1 N–H and O–H groups in total. The van der Waals surface area contributed by atoms with Gasteiger partial charge in [0, 0.05) is 47.7 Å². The summed E-state index contributed by atoms with van der Waals surface area (Å²) in [6.07, 6.45) is 2.74. The van der Waals surface area contributed by atoms with Crippen LogP contribution in [0, 0.1) is 11.6 Å². The second-order valence-corrected chi connectivity index (χ2v) is 7.57. The van der Waals surface area contributed by atoms with E-state index in [-0.39, 0.29) is 17.2 Å². The molecule has 0 bridgehead atoms. The first-order valence-corrected chi connectivity index (χ1v) is 9.68. The molecule has 0 radical (unpaired) electrons. The van der Waals surface area contributed by atoms with Crippen LogP contribution in [0.5, 0.6) is 11.5 Å². The van der Waals surface area contributed by atoms with Crippen molar-refractivity contribution in [3.8, 4) is 22.6 Å². The second kappa shape index (κ2) is 7.84. The van der Waals surface area contributed by atoms with Crippen LogP contribution in [0.3, 0.4) is 0 Å². The van der Waals surface area contributed by atoms with Gasteiger partial charge in [0.2, 0.25) is 0 Å². The minimum absolute atomic E-state index is 0.137. The van der Waals surface area contributed by atoms with E-state index in [1.165, 1.54) is 42.2 Å². The SMILES string of the molecule is C=CS(=O)(=O)Nc1ccc(Oc2ccc(F)cc2F)c(-c2cnc(=O)n(C)c2)c1. The van der Waals surface area contributed by atoms with Gasteiger partial charge in [0.25, 0.3) is 10.0 Å². The summed E-state index contributed by atoms with van der Waals surface area (Å²) >= 11 is 0. The Labute approximate surface area is 165 Å². The van der Waals surface area contributed by atoms with Gasteiger partial charge < -0.3 is 9.30 Å². The van der Waals surface area contributed by atoms with E-state index in [1.54, 1.807) is 0 Å². The van der Waals surface area contributed by atoms with Crippen molar-refractivity contribution in [3.05, 3.63) is 82.9 Å². The number of ether oxygens (including phenoxy) is 1. The summed E-state index contributed by atoms with van der Waals surface area (Å²) in [5.41, 5.74) is 0.412. The number of sulfonamides is 1. The molecule has 3 rings (SSSR count). The Hall–Kier alpha value is -3.53. The third-order valence-corrected chi connectivity index (χ3v) is 4.79. The van der Waals surface area contributed by atoms with Crippen LogP contribution >= 0.6 is 0 Å². The molecule has 0 unspecified atom stereocenters. The van der Waals surface area contributed by atoms with Crippen LogP contribution in [-0.4, -0.2) is 18.0 Å². The number of aryl methyl sites for hydroxylation is 1. The molecule has 0 aliphatic rings. The maximum absolute atomic E-state index is 14.0. The Morgan fingerprint density at radius 2 is 1.90 bits per heavy atom. The highest BCUT2D eigenvalue weighted by atomic mass is 32.2. The minimum Gasteiger partial charge on any atom is -0.454 e. The molecule has 1 heterocycles. The van der Waals surface area contributed by atoms with E-state index in [9.17, 15) is 22.0 Å². The number of benzene rings is 2. The van der Waals surface area contributed by atoms with Gasteiger partial charge >= 0.3 is 5.69 Å². The van der Waals surface area contributed by atoms with E-state index in [4.69, 9.17) is 4.74 Å². The minimum atomic E-state index is -3.77. The van der Waals surface area contributed by atoms with Gasteiger partial charge in [-0.3, -0.25) is 4.72 Å². The normalized spacial score (nSPS) is 11.1. The van der Waals surface area contributed by atoms with Crippen LogP contribution in [0.4, 0.5) is 14.5 Å².